The molecule has 0 unspecified atom stereocenters. The Morgan fingerprint density at radius 2 is 2.04 bits per heavy atom. The Labute approximate surface area is 144 Å². The molecule has 24 heavy (non-hydrogen) atoms. The first kappa shape index (κ1) is 16.1. The van der Waals surface area contributed by atoms with E-state index in [2.05, 4.69) is 20.8 Å². The number of nitrogens with zero attached hydrogens (tertiary/aromatic N) is 4. The first-order chi connectivity index (χ1) is 11.6. The predicted molar refractivity (Wildman–Crippen MR) is 91.7 cm³/mol. The van der Waals surface area contributed by atoms with Crippen LogP contribution in [0.5, 0.6) is 0 Å². The highest BCUT2D eigenvalue weighted by Gasteiger charge is 2.10. The topological polar surface area (TPSA) is 72.7 Å². The van der Waals surface area contributed by atoms with Crippen molar-refractivity contribution in [3.63, 3.8) is 0 Å². The summed E-state index contributed by atoms with van der Waals surface area (Å²) in [6, 6.07) is 14.8. The predicted octanol–water partition coefficient (Wildman–Crippen LogP) is 2.50. The Kier molecular flexibility index (Phi) is 4.86. The number of hydrogen-bond donors (Lipinski definition) is 1. The van der Waals surface area contributed by atoms with Gasteiger partial charge in [0.15, 0.2) is 5.82 Å². The molecule has 6 nitrogen and oxygen atoms in total. The van der Waals surface area contributed by atoms with Crippen LogP contribution < -0.4 is 5.32 Å². The second-order valence-electron chi connectivity index (χ2n) is 5.30. The summed E-state index contributed by atoms with van der Waals surface area (Å²) in [7, 11) is 1.76. The molecule has 0 aliphatic heterocycles. The number of aryl methyl sites for hydroxylation is 1. The van der Waals surface area contributed by atoms with Crippen molar-refractivity contribution >= 4 is 17.5 Å². The number of nitrogens with one attached hydrogen (secondary N) is 1. The van der Waals surface area contributed by atoms with Crippen molar-refractivity contribution in [2.75, 3.05) is 6.54 Å². The van der Waals surface area contributed by atoms with Gasteiger partial charge in [-0.25, -0.2) is 4.68 Å². The molecule has 0 spiro atoms. The standard InChI is InChI=1S/C17H16ClN5O/c1-23-16(20-21-22-23)13-6-4-7-14(11-13)17(24)19-10-9-12-5-2-3-8-15(12)18/h2-8,11H,9-10H2,1H3,(H,19,24). The van der Waals surface area contributed by atoms with Crippen LogP contribution >= 0.6 is 11.6 Å². The Balaban J connectivity index is 1.65. The number of benzene rings is 2. The van der Waals surface area contributed by atoms with E-state index in [1.54, 1.807) is 23.9 Å². The fourth-order valence-corrected chi connectivity index (χ4v) is 2.62. The third kappa shape index (κ3) is 3.60. The van der Waals surface area contributed by atoms with Gasteiger partial charge in [-0.1, -0.05) is 41.9 Å². The number of carbonyl (C=O) groups excluding carboxylic acids is 1. The van der Waals surface area contributed by atoms with Crippen molar-refractivity contribution in [2.45, 2.75) is 6.42 Å². The van der Waals surface area contributed by atoms with Gasteiger partial charge in [0.1, 0.15) is 0 Å². The van der Waals surface area contributed by atoms with Crippen molar-refractivity contribution in [3.05, 3.63) is 64.7 Å². The average Bonchev–Trinajstić information content (AvgIpc) is 3.03. The molecule has 0 radical (unpaired) electrons. The van der Waals surface area contributed by atoms with Crippen molar-refractivity contribution in [2.24, 2.45) is 7.05 Å². The van der Waals surface area contributed by atoms with E-state index in [0.29, 0.717) is 29.4 Å². The van der Waals surface area contributed by atoms with Crippen molar-refractivity contribution < 1.29 is 4.79 Å². The zero-order valence-corrected chi connectivity index (χ0v) is 13.9. The molecule has 2 aromatic carbocycles. The lowest BCUT2D eigenvalue weighted by molar-refractivity contribution is 0.0954. The lowest BCUT2D eigenvalue weighted by Gasteiger charge is -2.08. The molecular formula is C17H16ClN5O. The van der Waals surface area contributed by atoms with Gasteiger partial charge >= 0.3 is 0 Å². The quantitative estimate of drug-likeness (QED) is 0.774. The molecule has 3 aromatic rings. The van der Waals surface area contributed by atoms with Gasteiger partial charge in [-0.3, -0.25) is 4.79 Å². The van der Waals surface area contributed by atoms with Crippen LogP contribution in [0.4, 0.5) is 0 Å². The van der Waals surface area contributed by atoms with Crippen LogP contribution in [0.2, 0.25) is 5.02 Å². The molecule has 0 saturated heterocycles. The molecule has 7 heteroatoms. The SMILES string of the molecule is Cn1nnnc1-c1cccc(C(=O)NCCc2ccccc2Cl)c1. The maximum absolute atomic E-state index is 12.3. The molecule has 1 N–H and O–H groups in total. The number of hydrogen-bond acceptors (Lipinski definition) is 4. The Bertz CT molecular complexity index is 861. The van der Waals surface area contributed by atoms with Gasteiger partial charge in [0.2, 0.25) is 0 Å². The van der Waals surface area contributed by atoms with Gasteiger partial charge in [-0.2, -0.15) is 0 Å². The van der Waals surface area contributed by atoms with E-state index in [9.17, 15) is 4.79 Å². The minimum absolute atomic E-state index is 0.140. The van der Waals surface area contributed by atoms with Gasteiger partial charge in [0.05, 0.1) is 0 Å². The summed E-state index contributed by atoms with van der Waals surface area (Å²) in [5.41, 5.74) is 2.37. The van der Waals surface area contributed by atoms with Crippen LogP contribution in [-0.2, 0) is 13.5 Å². The van der Waals surface area contributed by atoms with Gasteiger partial charge in [-0.15, -0.1) is 5.10 Å². The van der Waals surface area contributed by atoms with E-state index < -0.39 is 0 Å². The van der Waals surface area contributed by atoms with E-state index >= 15 is 0 Å². The number of halogens is 1. The molecule has 0 aliphatic carbocycles. The first-order valence-corrected chi connectivity index (χ1v) is 7.87. The zero-order chi connectivity index (χ0) is 16.9. The minimum Gasteiger partial charge on any atom is -0.352 e. The summed E-state index contributed by atoms with van der Waals surface area (Å²) < 4.78 is 1.56. The van der Waals surface area contributed by atoms with Crippen LogP contribution in [0.3, 0.4) is 0 Å². The van der Waals surface area contributed by atoms with E-state index in [-0.39, 0.29) is 5.91 Å². The summed E-state index contributed by atoms with van der Waals surface area (Å²) in [6.45, 7) is 0.512. The zero-order valence-electron chi connectivity index (χ0n) is 13.1. The van der Waals surface area contributed by atoms with Crippen molar-refractivity contribution in [1.82, 2.24) is 25.5 Å². The minimum atomic E-state index is -0.140. The summed E-state index contributed by atoms with van der Waals surface area (Å²) in [6.07, 6.45) is 0.679. The molecule has 0 saturated carbocycles. The fraction of sp³-hybridized carbons (Fsp3) is 0.176. The van der Waals surface area contributed by atoms with Crippen molar-refractivity contribution in [3.8, 4) is 11.4 Å². The van der Waals surface area contributed by atoms with E-state index in [4.69, 9.17) is 11.6 Å². The fourth-order valence-electron chi connectivity index (χ4n) is 2.39. The van der Waals surface area contributed by atoms with E-state index in [1.807, 2.05) is 36.4 Å². The van der Waals surface area contributed by atoms with Crippen LogP contribution in [0, 0.1) is 0 Å². The summed E-state index contributed by atoms with van der Waals surface area (Å²) in [5, 5.41) is 15.0. The number of amides is 1. The lowest BCUT2D eigenvalue weighted by atomic mass is 10.1. The van der Waals surface area contributed by atoms with Crippen LogP contribution in [0.15, 0.2) is 48.5 Å². The molecule has 0 fully saturated rings. The molecule has 0 aliphatic rings. The number of carbonyl (C=O) groups is 1. The normalized spacial score (nSPS) is 10.6. The monoisotopic (exact) mass is 341 g/mol. The molecular weight excluding hydrogens is 326 g/mol. The summed E-state index contributed by atoms with van der Waals surface area (Å²) in [5.74, 6) is 0.472. The highest BCUT2D eigenvalue weighted by molar-refractivity contribution is 6.31. The molecule has 3 rings (SSSR count). The molecule has 1 heterocycles. The number of tetrazole rings is 1. The van der Waals surface area contributed by atoms with Crippen LogP contribution in [0.25, 0.3) is 11.4 Å². The van der Waals surface area contributed by atoms with Gasteiger partial charge < -0.3 is 5.32 Å². The summed E-state index contributed by atoms with van der Waals surface area (Å²) in [4.78, 5) is 12.3. The molecule has 1 amide bonds. The van der Waals surface area contributed by atoms with E-state index in [1.165, 1.54) is 0 Å². The maximum atomic E-state index is 12.3. The molecule has 0 bridgehead atoms. The van der Waals surface area contributed by atoms with E-state index in [0.717, 1.165) is 11.1 Å². The summed E-state index contributed by atoms with van der Waals surface area (Å²) >= 11 is 6.12. The van der Waals surface area contributed by atoms with Crippen LogP contribution in [0.1, 0.15) is 15.9 Å². The molecule has 122 valence electrons. The Morgan fingerprint density at radius 1 is 1.21 bits per heavy atom. The Morgan fingerprint density at radius 3 is 2.79 bits per heavy atom. The van der Waals surface area contributed by atoms with Gasteiger partial charge in [0, 0.05) is 29.7 Å². The maximum Gasteiger partial charge on any atom is 0.251 e. The average molecular weight is 342 g/mol. The lowest BCUT2D eigenvalue weighted by Crippen LogP contribution is -2.25. The second kappa shape index (κ2) is 7.23. The smallest absolute Gasteiger partial charge is 0.251 e. The first-order valence-electron chi connectivity index (χ1n) is 7.49. The third-order valence-electron chi connectivity index (χ3n) is 3.64. The van der Waals surface area contributed by atoms with Crippen LogP contribution in [-0.4, -0.2) is 32.7 Å². The third-order valence-corrected chi connectivity index (χ3v) is 4.01. The number of rotatable bonds is 5. The second-order valence-corrected chi connectivity index (χ2v) is 5.71. The Hall–Kier alpha value is -2.73. The number of aromatic nitrogens is 4. The largest absolute Gasteiger partial charge is 0.352 e. The van der Waals surface area contributed by atoms with Gasteiger partial charge in [0.25, 0.3) is 5.91 Å². The highest BCUT2D eigenvalue weighted by Crippen LogP contribution is 2.17. The van der Waals surface area contributed by atoms with Crippen molar-refractivity contribution in [1.29, 1.82) is 0 Å². The molecule has 1 aromatic heterocycles. The highest BCUT2D eigenvalue weighted by atomic mass is 35.5. The molecule has 0 atom stereocenters. The van der Waals surface area contributed by atoms with Gasteiger partial charge in [-0.05, 0) is 40.6 Å².